The normalized spacial score (nSPS) is 14.8. The van der Waals surface area contributed by atoms with Crippen molar-refractivity contribution in [2.24, 2.45) is 0 Å². The number of carbonyl (C=O) groups excluding carboxylic acids is 1. The Kier molecular flexibility index (Phi) is 7.12. The lowest BCUT2D eigenvalue weighted by molar-refractivity contribution is -0.133. The van der Waals surface area contributed by atoms with Crippen molar-refractivity contribution in [1.29, 1.82) is 0 Å². The fourth-order valence-electron chi connectivity index (χ4n) is 3.51. The second-order valence-electron chi connectivity index (χ2n) is 7.27. The summed E-state index contributed by atoms with van der Waals surface area (Å²) in [6.07, 6.45) is 3.36. The first-order valence-electron chi connectivity index (χ1n) is 10.3. The second kappa shape index (κ2) is 10.2. The van der Waals surface area contributed by atoms with E-state index in [0.29, 0.717) is 6.42 Å². The van der Waals surface area contributed by atoms with Crippen LogP contribution in [0.5, 0.6) is 10.9 Å². The molecular weight excluding hydrogens is 416 g/mol. The zero-order valence-corrected chi connectivity index (χ0v) is 18.7. The Hall–Kier alpha value is -2.25. The minimum absolute atomic E-state index is 0.139. The van der Waals surface area contributed by atoms with E-state index in [1.807, 2.05) is 35.2 Å². The van der Waals surface area contributed by atoms with E-state index in [4.69, 9.17) is 9.47 Å². The summed E-state index contributed by atoms with van der Waals surface area (Å²) in [7, 11) is 1.67. The molecule has 2 aromatic carbocycles. The average Bonchev–Trinajstić information content (AvgIpc) is 3.20. The molecule has 4 rings (SSSR count). The van der Waals surface area contributed by atoms with Gasteiger partial charge in [-0.2, -0.15) is 0 Å². The number of hydrogen-bond acceptors (Lipinski definition) is 6. The van der Waals surface area contributed by atoms with Gasteiger partial charge in [-0.15, -0.1) is 11.8 Å². The number of ether oxygens (including phenoxy) is 2. The zero-order chi connectivity index (χ0) is 20.8. The van der Waals surface area contributed by atoms with Crippen molar-refractivity contribution in [2.75, 3.05) is 26.0 Å². The molecule has 30 heavy (non-hydrogen) atoms. The predicted octanol–water partition coefficient (Wildman–Crippen LogP) is 5.25. The molecule has 3 aromatic rings. The van der Waals surface area contributed by atoms with Crippen LogP contribution in [0, 0.1) is 0 Å². The second-order valence-corrected chi connectivity index (χ2v) is 9.43. The number of fused-ring (bicyclic) bond motifs is 1. The summed E-state index contributed by atoms with van der Waals surface area (Å²) in [6.45, 7) is 1.53. The summed E-state index contributed by atoms with van der Waals surface area (Å²) in [5, 5.41) is 0.733. The molecule has 0 atom stereocenters. The lowest BCUT2D eigenvalue weighted by Gasteiger charge is -2.31. The molecule has 1 amide bonds. The lowest BCUT2D eigenvalue weighted by atomic mass is 10.1. The van der Waals surface area contributed by atoms with Crippen LogP contribution in [0.2, 0.25) is 0 Å². The van der Waals surface area contributed by atoms with Crippen LogP contribution < -0.4 is 9.47 Å². The zero-order valence-electron chi connectivity index (χ0n) is 17.1. The van der Waals surface area contributed by atoms with Crippen LogP contribution >= 0.6 is 23.1 Å². The molecule has 1 fully saturated rings. The van der Waals surface area contributed by atoms with Gasteiger partial charge in [-0.25, -0.2) is 4.98 Å². The van der Waals surface area contributed by atoms with Crippen LogP contribution in [-0.2, 0) is 4.79 Å². The van der Waals surface area contributed by atoms with E-state index >= 15 is 0 Å². The lowest BCUT2D eigenvalue weighted by Crippen LogP contribution is -2.41. The molecule has 2 heterocycles. The first kappa shape index (κ1) is 21.0. The SMILES string of the molecule is COc1ccc(SCCCC(=O)N2CCC(Oc3nc4ccccc4s3)CC2)cc1. The van der Waals surface area contributed by atoms with Gasteiger partial charge in [-0.05, 0) is 48.6 Å². The highest BCUT2D eigenvalue weighted by Crippen LogP contribution is 2.29. The molecule has 0 N–H and O–H groups in total. The maximum absolute atomic E-state index is 12.5. The highest BCUT2D eigenvalue weighted by Gasteiger charge is 2.24. The Bertz CT molecular complexity index is 933. The number of nitrogens with zero attached hydrogens (tertiary/aromatic N) is 2. The smallest absolute Gasteiger partial charge is 0.274 e. The van der Waals surface area contributed by atoms with Gasteiger partial charge in [0.05, 0.1) is 17.3 Å². The Morgan fingerprint density at radius 1 is 1.17 bits per heavy atom. The van der Waals surface area contributed by atoms with Gasteiger partial charge in [0.15, 0.2) is 0 Å². The molecule has 0 unspecified atom stereocenters. The van der Waals surface area contributed by atoms with Crippen LogP contribution in [0.1, 0.15) is 25.7 Å². The Labute approximate surface area is 185 Å². The van der Waals surface area contributed by atoms with E-state index in [0.717, 1.165) is 59.3 Å². The van der Waals surface area contributed by atoms with Gasteiger partial charge in [-0.1, -0.05) is 23.5 Å². The maximum atomic E-state index is 12.5. The van der Waals surface area contributed by atoms with Crippen molar-refractivity contribution in [1.82, 2.24) is 9.88 Å². The summed E-state index contributed by atoms with van der Waals surface area (Å²) < 4.78 is 12.4. The van der Waals surface area contributed by atoms with E-state index in [1.54, 1.807) is 30.2 Å². The number of methoxy groups -OCH3 is 1. The molecule has 0 bridgehead atoms. The summed E-state index contributed by atoms with van der Waals surface area (Å²) in [5.41, 5.74) is 0.984. The monoisotopic (exact) mass is 442 g/mol. The third kappa shape index (κ3) is 5.46. The van der Waals surface area contributed by atoms with Crippen LogP contribution in [-0.4, -0.2) is 47.8 Å². The van der Waals surface area contributed by atoms with Gasteiger partial charge in [0.25, 0.3) is 5.19 Å². The summed E-state index contributed by atoms with van der Waals surface area (Å²) >= 11 is 3.37. The molecular formula is C23H26N2O3S2. The molecule has 0 spiro atoms. The number of rotatable bonds is 8. The van der Waals surface area contributed by atoms with Gasteiger partial charge < -0.3 is 14.4 Å². The minimum atomic E-state index is 0.139. The van der Waals surface area contributed by atoms with E-state index in [9.17, 15) is 4.79 Å². The molecule has 5 nitrogen and oxygen atoms in total. The van der Waals surface area contributed by atoms with E-state index in [1.165, 1.54) is 4.90 Å². The largest absolute Gasteiger partial charge is 0.497 e. The number of thiazole rings is 1. The third-order valence-corrected chi connectivity index (χ3v) is 7.23. The fraction of sp³-hybridized carbons (Fsp3) is 0.391. The fourth-order valence-corrected chi connectivity index (χ4v) is 5.24. The number of benzene rings is 2. The van der Waals surface area contributed by atoms with Crippen LogP contribution in [0.4, 0.5) is 0 Å². The number of amides is 1. The van der Waals surface area contributed by atoms with Gasteiger partial charge >= 0.3 is 0 Å². The van der Waals surface area contributed by atoms with Crippen molar-refractivity contribution >= 4 is 39.2 Å². The molecule has 7 heteroatoms. The van der Waals surface area contributed by atoms with Gasteiger partial charge in [0.2, 0.25) is 5.91 Å². The first-order chi connectivity index (χ1) is 14.7. The molecule has 1 saturated heterocycles. The first-order valence-corrected chi connectivity index (χ1v) is 12.1. The molecule has 158 valence electrons. The summed E-state index contributed by atoms with van der Waals surface area (Å²) in [4.78, 5) is 20.3. The Balaban J connectivity index is 1.16. The van der Waals surface area contributed by atoms with Crippen molar-refractivity contribution in [2.45, 2.75) is 36.7 Å². The number of likely N-dealkylation sites (tertiary alicyclic amines) is 1. The van der Waals surface area contributed by atoms with Crippen molar-refractivity contribution in [3.8, 4) is 10.9 Å². The standard InChI is InChI=1S/C23H26N2O3S2/c1-27-17-8-10-19(11-9-17)29-16-4-7-22(26)25-14-12-18(13-15-25)28-23-24-20-5-2-3-6-21(20)30-23/h2-3,5-6,8-11,18H,4,7,12-16H2,1H3. The molecule has 0 radical (unpaired) electrons. The van der Waals surface area contributed by atoms with Gasteiger partial charge in [-0.3, -0.25) is 4.79 Å². The predicted molar refractivity (Wildman–Crippen MR) is 123 cm³/mol. The molecule has 0 saturated carbocycles. The van der Waals surface area contributed by atoms with Gasteiger partial charge in [0, 0.05) is 37.2 Å². The number of piperidine rings is 1. The number of para-hydroxylation sites is 1. The van der Waals surface area contributed by atoms with Crippen molar-refractivity contribution in [3.05, 3.63) is 48.5 Å². The molecule has 1 aliphatic heterocycles. The number of carbonyl (C=O) groups is 1. The summed E-state index contributed by atoms with van der Waals surface area (Å²) in [6, 6.07) is 16.1. The number of hydrogen-bond donors (Lipinski definition) is 0. The highest BCUT2D eigenvalue weighted by molar-refractivity contribution is 7.99. The third-order valence-electron chi connectivity index (χ3n) is 5.20. The van der Waals surface area contributed by atoms with Crippen LogP contribution in [0.15, 0.2) is 53.4 Å². The Morgan fingerprint density at radius 3 is 2.67 bits per heavy atom. The van der Waals surface area contributed by atoms with Crippen LogP contribution in [0.3, 0.4) is 0 Å². The van der Waals surface area contributed by atoms with Crippen molar-refractivity contribution < 1.29 is 14.3 Å². The Morgan fingerprint density at radius 2 is 1.93 bits per heavy atom. The van der Waals surface area contributed by atoms with Crippen molar-refractivity contribution in [3.63, 3.8) is 0 Å². The molecule has 1 aromatic heterocycles. The van der Waals surface area contributed by atoms with E-state index < -0.39 is 0 Å². The molecule has 1 aliphatic rings. The number of thioether (sulfide) groups is 1. The molecule has 0 aliphatic carbocycles. The van der Waals surface area contributed by atoms with Crippen LogP contribution in [0.25, 0.3) is 10.2 Å². The topological polar surface area (TPSA) is 51.7 Å². The quantitative estimate of drug-likeness (QED) is 0.352. The average molecular weight is 443 g/mol. The summed E-state index contributed by atoms with van der Waals surface area (Å²) in [5.74, 6) is 2.06. The minimum Gasteiger partial charge on any atom is -0.497 e. The maximum Gasteiger partial charge on any atom is 0.274 e. The highest BCUT2D eigenvalue weighted by atomic mass is 32.2. The van der Waals surface area contributed by atoms with E-state index in [-0.39, 0.29) is 12.0 Å². The van der Waals surface area contributed by atoms with E-state index in [2.05, 4.69) is 23.2 Å². The van der Waals surface area contributed by atoms with Gasteiger partial charge in [0.1, 0.15) is 11.9 Å². The number of aromatic nitrogens is 1.